The van der Waals surface area contributed by atoms with Crippen LogP contribution in [0.3, 0.4) is 0 Å². The lowest BCUT2D eigenvalue weighted by Gasteiger charge is -2.13. The van der Waals surface area contributed by atoms with Crippen molar-refractivity contribution in [3.05, 3.63) is 57.5 Å². The summed E-state index contributed by atoms with van der Waals surface area (Å²) in [6.45, 7) is 5.77. The van der Waals surface area contributed by atoms with Crippen LogP contribution < -0.4 is 10.3 Å². The van der Waals surface area contributed by atoms with E-state index in [-0.39, 0.29) is 11.7 Å². The molecule has 0 spiro atoms. The molecular formula is C16H20N2O2. The third-order valence-corrected chi connectivity index (χ3v) is 3.33. The molecule has 1 aromatic carbocycles. The molecule has 1 aromatic heterocycles. The number of nitrogens with one attached hydrogen (secondary N) is 1. The van der Waals surface area contributed by atoms with E-state index in [1.165, 1.54) is 0 Å². The summed E-state index contributed by atoms with van der Waals surface area (Å²) in [6, 6.07) is 10.3. The Kier molecular flexibility index (Phi) is 4.56. The minimum atomic E-state index is -0.135. The van der Waals surface area contributed by atoms with Crippen LogP contribution in [-0.4, -0.2) is 16.1 Å². The van der Waals surface area contributed by atoms with Crippen LogP contribution in [0.4, 0.5) is 0 Å². The molecule has 2 aromatic rings. The van der Waals surface area contributed by atoms with E-state index >= 15 is 0 Å². The minimum absolute atomic E-state index is 0.0328. The molecule has 0 fully saturated rings. The molecule has 1 atom stereocenters. The van der Waals surface area contributed by atoms with Gasteiger partial charge in [0.1, 0.15) is 0 Å². The summed E-state index contributed by atoms with van der Waals surface area (Å²) >= 11 is 0. The third kappa shape index (κ3) is 3.47. The number of rotatable bonds is 5. The van der Waals surface area contributed by atoms with E-state index in [2.05, 4.69) is 9.97 Å². The maximum Gasteiger partial charge on any atom is 0.296 e. The predicted octanol–water partition coefficient (Wildman–Crippen LogP) is 2.85. The molecule has 0 radical (unpaired) electrons. The molecule has 0 saturated heterocycles. The average molecular weight is 272 g/mol. The van der Waals surface area contributed by atoms with Crippen molar-refractivity contribution in [2.45, 2.75) is 39.7 Å². The summed E-state index contributed by atoms with van der Waals surface area (Å²) in [6.07, 6.45) is 1.53. The standard InChI is InChI=1S/C16H20N2O2/c1-4-11(2)20-16-17-14(12(3)15(19)18-16)10-13-8-6-5-7-9-13/h5-9,11H,4,10H2,1-3H3,(H,17,18,19). The van der Waals surface area contributed by atoms with Gasteiger partial charge in [0.05, 0.1) is 11.8 Å². The van der Waals surface area contributed by atoms with E-state index in [4.69, 9.17) is 4.74 Å². The second kappa shape index (κ2) is 6.37. The molecule has 20 heavy (non-hydrogen) atoms. The van der Waals surface area contributed by atoms with E-state index in [0.29, 0.717) is 18.0 Å². The molecule has 0 aliphatic carbocycles. The van der Waals surface area contributed by atoms with Crippen molar-refractivity contribution >= 4 is 0 Å². The monoisotopic (exact) mass is 272 g/mol. The van der Waals surface area contributed by atoms with Crippen LogP contribution in [0.5, 0.6) is 6.01 Å². The highest BCUT2D eigenvalue weighted by Gasteiger charge is 2.10. The van der Waals surface area contributed by atoms with E-state index < -0.39 is 0 Å². The zero-order chi connectivity index (χ0) is 14.5. The lowest BCUT2D eigenvalue weighted by Crippen LogP contribution is -2.20. The molecule has 4 nitrogen and oxygen atoms in total. The van der Waals surface area contributed by atoms with Gasteiger partial charge in [0.25, 0.3) is 11.6 Å². The van der Waals surface area contributed by atoms with Crippen LogP contribution >= 0.6 is 0 Å². The van der Waals surface area contributed by atoms with Gasteiger partial charge in [0, 0.05) is 12.0 Å². The zero-order valence-electron chi connectivity index (χ0n) is 12.1. The summed E-state index contributed by atoms with van der Waals surface area (Å²) in [5, 5.41) is 0. The molecule has 0 amide bonds. The fourth-order valence-corrected chi connectivity index (χ4v) is 1.85. The van der Waals surface area contributed by atoms with E-state index in [0.717, 1.165) is 17.7 Å². The van der Waals surface area contributed by atoms with Crippen LogP contribution in [0, 0.1) is 6.92 Å². The first kappa shape index (κ1) is 14.3. The number of nitrogens with zero attached hydrogens (tertiary/aromatic N) is 1. The Morgan fingerprint density at radius 2 is 2.00 bits per heavy atom. The van der Waals surface area contributed by atoms with E-state index in [1.807, 2.05) is 44.2 Å². The van der Waals surface area contributed by atoms with Gasteiger partial charge in [-0.25, -0.2) is 4.98 Å². The predicted molar refractivity (Wildman–Crippen MR) is 79.2 cm³/mol. The molecule has 0 saturated carbocycles. The normalized spacial score (nSPS) is 12.2. The van der Waals surface area contributed by atoms with Gasteiger partial charge in [-0.1, -0.05) is 37.3 Å². The van der Waals surface area contributed by atoms with Gasteiger partial charge in [0.15, 0.2) is 0 Å². The Labute approximate surface area is 118 Å². The van der Waals surface area contributed by atoms with Gasteiger partial charge in [-0.3, -0.25) is 9.78 Å². The fraction of sp³-hybridized carbons (Fsp3) is 0.375. The number of aromatic nitrogens is 2. The summed E-state index contributed by atoms with van der Waals surface area (Å²) in [5.41, 5.74) is 2.40. The van der Waals surface area contributed by atoms with Crippen LogP contribution in [0.15, 0.2) is 35.1 Å². The number of ether oxygens (including phenoxy) is 1. The van der Waals surface area contributed by atoms with Gasteiger partial charge in [-0.05, 0) is 25.8 Å². The van der Waals surface area contributed by atoms with Crippen LogP contribution in [0.1, 0.15) is 37.1 Å². The first-order chi connectivity index (χ1) is 9.60. The molecule has 106 valence electrons. The maximum atomic E-state index is 11.9. The maximum absolute atomic E-state index is 11.9. The van der Waals surface area contributed by atoms with Gasteiger partial charge >= 0.3 is 0 Å². The number of H-pyrrole nitrogens is 1. The number of hydrogen-bond donors (Lipinski definition) is 1. The SMILES string of the molecule is CCC(C)Oc1nc(Cc2ccccc2)c(C)c(=O)[nH]1. The Hall–Kier alpha value is -2.10. The number of aromatic amines is 1. The number of benzene rings is 1. The summed E-state index contributed by atoms with van der Waals surface area (Å²) in [4.78, 5) is 19.1. The summed E-state index contributed by atoms with van der Waals surface area (Å²) < 4.78 is 5.61. The molecule has 1 unspecified atom stereocenters. The van der Waals surface area contributed by atoms with Crippen LogP contribution in [-0.2, 0) is 6.42 Å². The second-order valence-corrected chi connectivity index (χ2v) is 4.94. The Morgan fingerprint density at radius 1 is 1.30 bits per heavy atom. The minimum Gasteiger partial charge on any atom is -0.462 e. The fourth-order valence-electron chi connectivity index (χ4n) is 1.85. The lowest BCUT2D eigenvalue weighted by molar-refractivity contribution is 0.198. The van der Waals surface area contributed by atoms with Crippen LogP contribution in [0.25, 0.3) is 0 Å². The highest BCUT2D eigenvalue weighted by molar-refractivity contribution is 5.26. The molecular weight excluding hydrogens is 252 g/mol. The Balaban J connectivity index is 2.30. The molecule has 0 bridgehead atoms. The average Bonchev–Trinajstić information content (AvgIpc) is 2.45. The highest BCUT2D eigenvalue weighted by atomic mass is 16.5. The van der Waals surface area contributed by atoms with Crippen molar-refractivity contribution in [3.63, 3.8) is 0 Å². The Morgan fingerprint density at radius 3 is 2.65 bits per heavy atom. The molecule has 1 heterocycles. The first-order valence-corrected chi connectivity index (χ1v) is 6.90. The van der Waals surface area contributed by atoms with Crippen molar-refractivity contribution in [2.75, 3.05) is 0 Å². The molecule has 4 heteroatoms. The zero-order valence-corrected chi connectivity index (χ0v) is 12.1. The molecule has 0 aliphatic heterocycles. The van der Waals surface area contributed by atoms with Gasteiger partial charge in [-0.15, -0.1) is 0 Å². The Bertz CT molecular complexity index is 620. The lowest BCUT2D eigenvalue weighted by atomic mass is 10.1. The van der Waals surface area contributed by atoms with E-state index in [1.54, 1.807) is 6.92 Å². The highest BCUT2D eigenvalue weighted by Crippen LogP contribution is 2.12. The largest absolute Gasteiger partial charge is 0.462 e. The first-order valence-electron chi connectivity index (χ1n) is 6.90. The topological polar surface area (TPSA) is 55.0 Å². The molecule has 1 N–H and O–H groups in total. The van der Waals surface area contributed by atoms with Crippen molar-refractivity contribution in [2.24, 2.45) is 0 Å². The van der Waals surface area contributed by atoms with Crippen LogP contribution in [0.2, 0.25) is 0 Å². The smallest absolute Gasteiger partial charge is 0.296 e. The van der Waals surface area contributed by atoms with Crippen molar-refractivity contribution < 1.29 is 4.74 Å². The number of hydrogen-bond acceptors (Lipinski definition) is 3. The molecule has 2 rings (SSSR count). The third-order valence-electron chi connectivity index (χ3n) is 3.33. The second-order valence-electron chi connectivity index (χ2n) is 4.94. The van der Waals surface area contributed by atoms with Crippen molar-refractivity contribution in [1.82, 2.24) is 9.97 Å². The summed E-state index contributed by atoms with van der Waals surface area (Å²) in [7, 11) is 0. The summed E-state index contributed by atoms with van der Waals surface area (Å²) in [5.74, 6) is 0. The molecule has 0 aliphatic rings. The van der Waals surface area contributed by atoms with Crippen molar-refractivity contribution in [1.29, 1.82) is 0 Å². The van der Waals surface area contributed by atoms with Gasteiger partial charge in [0.2, 0.25) is 0 Å². The van der Waals surface area contributed by atoms with Gasteiger partial charge in [-0.2, -0.15) is 0 Å². The van der Waals surface area contributed by atoms with E-state index in [9.17, 15) is 4.79 Å². The van der Waals surface area contributed by atoms with Gasteiger partial charge < -0.3 is 4.74 Å². The van der Waals surface area contributed by atoms with Crippen molar-refractivity contribution in [3.8, 4) is 6.01 Å². The quantitative estimate of drug-likeness (QED) is 0.910.